The molecule has 2 rings (SSSR count). The number of carboxylic acid groups (broad SMARTS) is 1. The number of unbranched alkanes of at least 4 members (excludes halogenated alkanes) is 1. The van der Waals surface area contributed by atoms with Crippen LogP contribution in [0.2, 0.25) is 0 Å². The van der Waals surface area contributed by atoms with E-state index in [2.05, 4.69) is 12.2 Å². The van der Waals surface area contributed by atoms with Crippen LogP contribution in [0.3, 0.4) is 0 Å². The van der Waals surface area contributed by atoms with E-state index in [1.165, 1.54) is 7.11 Å². The van der Waals surface area contributed by atoms with Crippen LogP contribution in [0.15, 0.2) is 35.1 Å². The number of fused-ring (bicyclic) bond motifs is 1. The van der Waals surface area contributed by atoms with Gasteiger partial charge in [0.05, 0.1) is 18.7 Å². The largest absolute Gasteiger partial charge is 0.496 e. The predicted molar refractivity (Wildman–Crippen MR) is 78.5 cm³/mol. The molecule has 0 saturated carbocycles. The zero-order valence-corrected chi connectivity index (χ0v) is 12.6. The normalized spacial score (nSPS) is 27.9. The van der Waals surface area contributed by atoms with E-state index in [0.29, 0.717) is 5.76 Å². The van der Waals surface area contributed by atoms with Crippen molar-refractivity contribution in [1.82, 2.24) is 5.32 Å². The Labute approximate surface area is 124 Å². The molecule has 5 nitrogen and oxygen atoms in total. The van der Waals surface area contributed by atoms with Gasteiger partial charge in [-0.1, -0.05) is 25.0 Å². The first-order chi connectivity index (χ1) is 9.92. The number of carboxylic acids is 1. The minimum atomic E-state index is -1.02. The second-order valence-corrected chi connectivity index (χ2v) is 5.64. The topological polar surface area (TPSA) is 75.6 Å². The Bertz CT molecular complexity index is 559. The fourth-order valence-electron chi connectivity index (χ4n) is 2.92. The van der Waals surface area contributed by atoms with E-state index in [1.807, 2.05) is 6.92 Å². The highest BCUT2D eigenvalue weighted by atomic mass is 16.5. The molecule has 2 N–H and O–H groups in total. The van der Waals surface area contributed by atoms with Gasteiger partial charge in [0.2, 0.25) is 5.91 Å². The second kappa shape index (κ2) is 5.76. The van der Waals surface area contributed by atoms with Crippen molar-refractivity contribution in [1.29, 1.82) is 0 Å². The smallest absolute Gasteiger partial charge is 0.339 e. The quantitative estimate of drug-likeness (QED) is 0.814. The molecule has 1 aliphatic carbocycles. The lowest BCUT2D eigenvalue weighted by atomic mass is 9.68. The van der Waals surface area contributed by atoms with Gasteiger partial charge in [-0.05, 0) is 25.8 Å². The molecule has 0 saturated heterocycles. The van der Waals surface area contributed by atoms with Gasteiger partial charge in [0.15, 0.2) is 0 Å². The fourth-order valence-corrected chi connectivity index (χ4v) is 2.92. The van der Waals surface area contributed by atoms with Crippen molar-refractivity contribution < 1.29 is 19.4 Å². The van der Waals surface area contributed by atoms with Crippen LogP contribution in [0, 0.1) is 5.41 Å². The summed E-state index contributed by atoms with van der Waals surface area (Å²) in [6.45, 7) is 4.05. The molecule has 21 heavy (non-hydrogen) atoms. The first-order valence-electron chi connectivity index (χ1n) is 7.16. The van der Waals surface area contributed by atoms with Gasteiger partial charge in [0, 0.05) is 11.5 Å². The summed E-state index contributed by atoms with van der Waals surface area (Å²) in [5, 5.41) is 12.2. The molecule has 0 aromatic rings. The number of hydrogen-bond donors (Lipinski definition) is 2. The molecule has 1 amide bonds. The number of rotatable bonds is 5. The van der Waals surface area contributed by atoms with Gasteiger partial charge in [-0.2, -0.15) is 0 Å². The minimum Gasteiger partial charge on any atom is -0.496 e. The van der Waals surface area contributed by atoms with Crippen molar-refractivity contribution in [3.05, 3.63) is 35.1 Å². The van der Waals surface area contributed by atoms with Crippen LogP contribution < -0.4 is 5.32 Å². The lowest BCUT2D eigenvalue weighted by Gasteiger charge is -2.42. The molecule has 0 aromatic heterocycles. The standard InChI is InChI=1S/C16H21NO4/c1-4-5-6-10-7-14(18)17-13-8-12(21-3)11(15(19)20)9-16(10,13)2/h7-9,13H,4-6H2,1-3H3,(H,17,18)(H,19,20). The number of nitrogens with one attached hydrogen (secondary N) is 1. The fraction of sp³-hybridized carbons (Fsp3) is 0.500. The summed E-state index contributed by atoms with van der Waals surface area (Å²) in [4.78, 5) is 23.3. The van der Waals surface area contributed by atoms with Crippen LogP contribution >= 0.6 is 0 Å². The molecule has 2 unspecified atom stereocenters. The summed E-state index contributed by atoms with van der Waals surface area (Å²) in [5.74, 6) is -0.862. The molecule has 0 bridgehead atoms. The SMILES string of the molecule is CCCCC1=CC(=O)NC2C=C(OC)C(C(=O)O)=CC12C. The number of methoxy groups -OCH3 is 1. The summed E-state index contributed by atoms with van der Waals surface area (Å²) in [7, 11) is 1.43. The van der Waals surface area contributed by atoms with Crippen LogP contribution in [0.5, 0.6) is 0 Å². The van der Waals surface area contributed by atoms with E-state index < -0.39 is 11.4 Å². The molecule has 0 fully saturated rings. The number of hydrogen-bond acceptors (Lipinski definition) is 3. The third-order valence-electron chi connectivity index (χ3n) is 4.22. The van der Waals surface area contributed by atoms with Crippen molar-refractivity contribution in [2.75, 3.05) is 7.11 Å². The van der Waals surface area contributed by atoms with E-state index in [-0.39, 0.29) is 17.5 Å². The van der Waals surface area contributed by atoms with Gasteiger partial charge in [-0.3, -0.25) is 4.79 Å². The molecule has 1 aliphatic heterocycles. The van der Waals surface area contributed by atoms with Gasteiger partial charge < -0.3 is 15.2 Å². The monoisotopic (exact) mass is 291 g/mol. The summed E-state index contributed by atoms with van der Waals surface area (Å²) in [6.07, 6.45) is 7.79. The average Bonchev–Trinajstić information content (AvgIpc) is 2.44. The highest BCUT2D eigenvalue weighted by Crippen LogP contribution is 2.43. The Kier molecular flexibility index (Phi) is 4.21. The molecule has 0 spiro atoms. The van der Waals surface area contributed by atoms with E-state index in [4.69, 9.17) is 4.74 Å². The van der Waals surface area contributed by atoms with Crippen molar-refractivity contribution in [3.8, 4) is 0 Å². The maximum atomic E-state index is 11.8. The van der Waals surface area contributed by atoms with Gasteiger partial charge in [0.25, 0.3) is 0 Å². The third-order valence-corrected chi connectivity index (χ3v) is 4.22. The van der Waals surface area contributed by atoms with Gasteiger partial charge in [-0.25, -0.2) is 4.79 Å². The predicted octanol–water partition coefficient (Wildman–Crippen LogP) is 2.16. The van der Waals surface area contributed by atoms with Crippen LogP contribution in [0.4, 0.5) is 0 Å². The third kappa shape index (κ3) is 2.73. The maximum Gasteiger partial charge on any atom is 0.339 e. The molecular formula is C16H21NO4. The van der Waals surface area contributed by atoms with Crippen molar-refractivity contribution in [2.45, 2.75) is 39.2 Å². The summed E-state index contributed by atoms with van der Waals surface area (Å²) in [6, 6.07) is -0.278. The Balaban J connectivity index is 2.47. The number of carbonyl (C=O) groups excluding carboxylic acids is 1. The van der Waals surface area contributed by atoms with Crippen LogP contribution in [0.1, 0.15) is 33.1 Å². The number of aliphatic carboxylic acids is 1. The molecule has 5 heteroatoms. The maximum absolute atomic E-state index is 11.8. The first kappa shape index (κ1) is 15.4. The van der Waals surface area contributed by atoms with E-state index in [1.54, 1.807) is 18.2 Å². The number of ether oxygens (including phenoxy) is 1. The van der Waals surface area contributed by atoms with Crippen LogP contribution in [0.25, 0.3) is 0 Å². The highest BCUT2D eigenvalue weighted by molar-refractivity contribution is 5.94. The van der Waals surface area contributed by atoms with Gasteiger partial charge >= 0.3 is 5.97 Å². The van der Waals surface area contributed by atoms with Crippen molar-refractivity contribution >= 4 is 11.9 Å². The Morgan fingerprint density at radius 1 is 1.52 bits per heavy atom. The van der Waals surface area contributed by atoms with Crippen LogP contribution in [-0.4, -0.2) is 30.1 Å². The lowest BCUT2D eigenvalue weighted by molar-refractivity contribution is -0.132. The minimum absolute atomic E-state index is 0.137. The Morgan fingerprint density at radius 2 is 2.24 bits per heavy atom. The lowest BCUT2D eigenvalue weighted by Crippen LogP contribution is -2.50. The number of carbonyl (C=O) groups is 2. The Hall–Kier alpha value is -2.04. The van der Waals surface area contributed by atoms with Gasteiger partial charge in [0.1, 0.15) is 5.76 Å². The molecule has 114 valence electrons. The summed E-state index contributed by atoms with van der Waals surface area (Å²) >= 11 is 0. The molecule has 0 aromatic carbocycles. The van der Waals surface area contributed by atoms with E-state index in [9.17, 15) is 14.7 Å². The zero-order valence-electron chi connectivity index (χ0n) is 12.6. The van der Waals surface area contributed by atoms with E-state index >= 15 is 0 Å². The summed E-state index contributed by atoms with van der Waals surface area (Å²) < 4.78 is 5.15. The van der Waals surface area contributed by atoms with Crippen molar-refractivity contribution in [3.63, 3.8) is 0 Å². The first-order valence-corrected chi connectivity index (χ1v) is 7.16. The zero-order chi connectivity index (χ0) is 15.6. The average molecular weight is 291 g/mol. The van der Waals surface area contributed by atoms with Crippen molar-refractivity contribution in [2.24, 2.45) is 5.41 Å². The Morgan fingerprint density at radius 3 is 2.81 bits per heavy atom. The molecular weight excluding hydrogens is 270 g/mol. The molecule has 0 radical (unpaired) electrons. The molecule has 2 atom stereocenters. The second-order valence-electron chi connectivity index (χ2n) is 5.64. The molecule has 1 heterocycles. The highest BCUT2D eigenvalue weighted by Gasteiger charge is 2.43. The van der Waals surface area contributed by atoms with Gasteiger partial charge in [-0.15, -0.1) is 0 Å². The summed E-state index contributed by atoms with van der Waals surface area (Å²) in [5.41, 5.74) is 0.608. The molecule has 2 aliphatic rings. The van der Waals surface area contributed by atoms with Crippen LogP contribution in [-0.2, 0) is 14.3 Å². The van der Waals surface area contributed by atoms with E-state index in [0.717, 1.165) is 24.8 Å². The number of amides is 1.